The molecule has 0 radical (unpaired) electrons. The lowest BCUT2D eigenvalue weighted by molar-refractivity contribution is -0.136. The van der Waals surface area contributed by atoms with Crippen LogP contribution in [0.1, 0.15) is 37.0 Å². The first-order valence-electron chi connectivity index (χ1n) is 11.5. The van der Waals surface area contributed by atoms with Crippen molar-refractivity contribution in [3.05, 3.63) is 59.9 Å². The van der Waals surface area contributed by atoms with Gasteiger partial charge in [-0.2, -0.15) is 0 Å². The molecule has 2 aromatic carbocycles. The Morgan fingerprint density at radius 1 is 1.03 bits per heavy atom. The van der Waals surface area contributed by atoms with Crippen LogP contribution in [0.15, 0.2) is 52.9 Å². The van der Waals surface area contributed by atoms with E-state index in [-0.39, 0.29) is 24.3 Å². The molecular weight excluding hydrogens is 404 g/mol. The van der Waals surface area contributed by atoms with E-state index in [0.29, 0.717) is 31.7 Å². The number of furan rings is 1. The summed E-state index contributed by atoms with van der Waals surface area (Å²) in [5.74, 6) is 1.70. The molecule has 0 bridgehead atoms. The van der Waals surface area contributed by atoms with Gasteiger partial charge in [0, 0.05) is 42.1 Å². The maximum atomic E-state index is 12.7. The van der Waals surface area contributed by atoms with Crippen molar-refractivity contribution in [3.8, 4) is 5.75 Å². The highest BCUT2D eigenvalue weighted by atomic mass is 16.5. The summed E-state index contributed by atoms with van der Waals surface area (Å²) in [6, 6.07) is 15.3. The lowest BCUT2D eigenvalue weighted by Crippen LogP contribution is -2.43. The molecule has 1 aromatic heterocycles. The number of aryl methyl sites for hydroxylation is 2. The number of carbonyl (C=O) groups excluding carboxylic acids is 2. The van der Waals surface area contributed by atoms with Crippen LogP contribution in [-0.4, -0.2) is 36.4 Å². The Hall–Kier alpha value is -3.28. The van der Waals surface area contributed by atoms with Gasteiger partial charge in [0.05, 0.1) is 0 Å². The number of likely N-dealkylation sites (tertiary alicyclic amines) is 1. The molecule has 0 unspecified atom stereocenters. The van der Waals surface area contributed by atoms with Gasteiger partial charge in [-0.3, -0.25) is 9.59 Å². The fourth-order valence-electron chi connectivity index (χ4n) is 4.72. The van der Waals surface area contributed by atoms with Crippen LogP contribution in [0.2, 0.25) is 0 Å². The predicted octanol–water partition coefficient (Wildman–Crippen LogP) is 4.57. The van der Waals surface area contributed by atoms with Crippen molar-refractivity contribution in [3.63, 3.8) is 0 Å². The molecule has 2 heterocycles. The highest BCUT2D eigenvalue weighted by Gasteiger charge is 2.27. The number of nitrogens with zero attached hydrogens (tertiary/aromatic N) is 1. The van der Waals surface area contributed by atoms with E-state index in [1.165, 1.54) is 18.4 Å². The van der Waals surface area contributed by atoms with Gasteiger partial charge in [-0.1, -0.05) is 18.2 Å². The van der Waals surface area contributed by atoms with Crippen LogP contribution in [0.4, 0.5) is 5.69 Å². The van der Waals surface area contributed by atoms with Crippen LogP contribution in [-0.2, 0) is 22.4 Å². The summed E-state index contributed by atoms with van der Waals surface area (Å²) in [6.07, 6.45) is 5.73. The van der Waals surface area contributed by atoms with Gasteiger partial charge in [0.25, 0.3) is 5.91 Å². The van der Waals surface area contributed by atoms with Gasteiger partial charge < -0.3 is 19.4 Å². The molecule has 6 nitrogen and oxygen atoms in total. The third-order valence-corrected chi connectivity index (χ3v) is 6.55. The highest BCUT2D eigenvalue weighted by Crippen LogP contribution is 2.34. The molecule has 2 aliphatic rings. The molecule has 0 saturated carbocycles. The summed E-state index contributed by atoms with van der Waals surface area (Å²) < 4.78 is 11.8. The van der Waals surface area contributed by atoms with Gasteiger partial charge in [0.2, 0.25) is 5.91 Å². The van der Waals surface area contributed by atoms with Gasteiger partial charge in [0.1, 0.15) is 17.1 Å². The molecular formula is C26H28N2O4. The van der Waals surface area contributed by atoms with Crippen molar-refractivity contribution < 1.29 is 18.7 Å². The molecule has 1 aliphatic carbocycles. The van der Waals surface area contributed by atoms with Crippen molar-refractivity contribution in [2.45, 2.75) is 38.5 Å². The standard InChI is InChI=1S/C26H28N2O4/c29-25(28-14-12-18(13-15-28)26(30)27-19-6-2-1-3-7-19)17-31-20-10-11-24-22(16-20)21-8-4-5-9-23(21)32-24/h1-3,6-7,10-11,16,18H,4-5,8-9,12-15,17H2,(H,27,30). The molecule has 0 spiro atoms. The van der Waals surface area contributed by atoms with E-state index < -0.39 is 0 Å². The third-order valence-electron chi connectivity index (χ3n) is 6.55. The second kappa shape index (κ2) is 9.07. The summed E-state index contributed by atoms with van der Waals surface area (Å²) in [5, 5.41) is 4.07. The maximum Gasteiger partial charge on any atom is 0.260 e. The number of piperidine rings is 1. The fraction of sp³-hybridized carbons (Fsp3) is 0.385. The molecule has 2 amide bonds. The Morgan fingerprint density at radius 3 is 2.62 bits per heavy atom. The van der Waals surface area contributed by atoms with Crippen LogP contribution in [0.3, 0.4) is 0 Å². The minimum atomic E-state index is -0.0742. The van der Waals surface area contributed by atoms with E-state index in [2.05, 4.69) is 5.32 Å². The Balaban J connectivity index is 1.13. The van der Waals surface area contributed by atoms with Gasteiger partial charge >= 0.3 is 0 Å². The van der Waals surface area contributed by atoms with E-state index in [1.54, 1.807) is 4.90 Å². The second-order valence-corrected chi connectivity index (χ2v) is 8.67. The van der Waals surface area contributed by atoms with Crippen LogP contribution < -0.4 is 10.1 Å². The monoisotopic (exact) mass is 432 g/mol. The summed E-state index contributed by atoms with van der Waals surface area (Å²) in [6.45, 7) is 1.15. The number of nitrogens with one attached hydrogen (secondary N) is 1. The number of hydrogen-bond acceptors (Lipinski definition) is 4. The number of benzene rings is 2. The first-order chi connectivity index (χ1) is 15.7. The molecule has 1 N–H and O–H groups in total. The lowest BCUT2D eigenvalue weighted by atomic mass is 9.95. The largest absolute Gasteiger partial charge is 0.484 e. The van der Waals surface area contributed by atoms with E-state index in [4.69, 9.17) is 9.15 Å². The van der Waals surface area contributed by atoms with Gasteiger partial charge in [-0.05, 0) is 62.4 Å². The molecule has 5 rings (SSSR count). The first kappa shape index (κ1) is 20.6. The first-order valence-corrected chi connectivity index (χ1v) is 11.5. The van der Waals surface area contributed by atoms with E-state index >= 15 is 0 Å². The number of fused-ring (bicyclic) bond motifs is 3. The number of anilines is 1. The van der Waals surface area contributed by atoms with E-state index in [1.807, 2.05) is 48.5 Å². The Bertz CT molecular complexity index is 1110. The SMILES string of the molecule is O=C(Nc1ccccc1)C1CCN(C(=O)COc2ccc3oc4c(c3c2)CCCC4)CC1. The van der Waals surface area contributed by atoms with Crippen molar-refractivity contribution in [2.24, 2.45) is 5.92 Å². The molecule has 166 valence electrons. The average Bonchev–Trinajstić information content (AvgIpc) is 3.21. The number of ether oxygens (including phenoxy) is 1. The van der Waals surface area contributed by atoms with Gasteiger partial charge in [-0.15, -0.1) is 0 Å². The number of carbonyl (C=O) groups is 2. The number of hydrogen-bond donors (Lipinski definition) is 1. The quantitative estimate of drug-likeness (QED) is 0.641. The van der Waals surface area contributed by atoms with E-state index in [0.717, 1.165) is 35.3 Å². The summed E-state index contributed by atoms with van der Waals surface area (Å²) in [4.78, 5) is 27.0. The third kappa shape index (κ3) is 4.35. The molecule has 6 heteroatoms. The van der Waals surface area contributed by atoms with Crippen molar-refractivity contribution in [1.29, 1.82) is 0 Å². The summed E-state index contributed by atoms with van der Waals surface area (Å²) in [7, 11) is 0. The molecule has 3 aromatic rings. The summed E-state index contributed by atoms with van der Waals surface area (Å²) in [5.41, 5.74) is 2.99. The smallest absolute Gasteiger partial charge is 0.260 e. The average molecular weight is 433 g/mol. The summed E-state index contributed by atoms with van der Waals surface area (Å²) >= 11 is 0. The predicted molar refractivity (Wildman–Crippen MR) is 123 cm³/mol. The lowest BCUT2D eigenvalue weighted by Gasteiger charge is -2.31. The number of amides is 2. The van der Waals surface area contributed by atoms with Crippen molar-refractivity contribution in [1.82, 2.24) is 4.90 Å². The van der Waals surface area contributed by atoms with E-state index in [9.17, 15) is 9.59 Å². The Labute approximate surface area is 187 Å². The maximum absolute atomic E-state index is 12.7. The zero-order valence-corrected chi connectivity index (χ0v) is 18.1. The molecule has 32 heavy (non-hydrogen) atoms. The molecule has 0 atom stereocenters. The fourth-order valence-corrected chi connectivity index (χ4v) is 4.72. The Kier molecular flexibility index (Phi) is 5.84. The minimum Gasteiger partial charge on any atom is -0.484 e. The normalized spacial score (nSPS) is 16.6. The zero-order chi connectivity index (χ0) is 21.9. The van der Waals surface area contributed by atoms with Gasteiger partial charge in [-0.25, -0.2) is 0 Å². The molecule has 1 aliphatic heterocycles. The highest BCUT2D eigenvalue weighted by molar-refractivity contribution is 5.92. The minimum absolute atomic E-state index is 0.00638. The van der Waals surface area contributed by atoms with Crippen LogP contribution in [0.5, 0.6) is 5.75 Å². The number of para-hydroxylation sites is 1. The zero-order valence-electron chi connectivity index (χ0n) is 18.1. The van der Waals surface area contributed by atoms with Crippen LogP contribution in [0.25, 0.3) is 11.0 Å². The Morgan fingerprint density at radius 2 is 1.81 bits per heavy atom. The van der Waals surface area contributed by atoms with Crippen molar-refractivity contribution >= 4 is 28.5 Å². The molecule has 1 fully saturated rings. The molecule has 1 saturated heterocycles. The van der Waals surface area contributed by atoms with Gasteiger partial charge in [0.15, 0.2) is 6.61 Å². The van der Waals surface area contributed by atoms with Crippen molar-refractivity contribution in [2.75, 3.05) is 25.0 Å². The topological polar surface area (TPSA) is 71.8 Å². The van der Waals surface area contributed by atoms with Crippen LogP contribution in [0, 0.1) is 5.92 Å². The second-order valence-electron chi connectivity index (χ2n) is 8.67. The van der Waals surface area contributed by atoms with Crippen LogP contribution >= 0.6 is 0 Å². The number of rotatable bonds is 5.